The molecule has 1 saturated heterocycles. The van der Waals surface area contributed by atoms with Crippen molar-refractivity contribution in [3.05, 3.63) is 52.5 Å². The van der Waals surface area contributed by atoms with E-state index in [1.807, 2.05) is 11.4 Å². The highest BCUT2D eigenvalue weighted by Gasteiger charge is 2.38. The number of halogens is 1. The molecular weight excluding hydrogens is 363 g/mol. The van der Waals surface area contributed by atoms with Crippen LogP contribution in [0.25, 0.3) is 0 Å². The van der Waals surface area contributed by atoms with E-state index in [0.717, 1.165) is 12.8 Å². The maximum atomic E-state index is 14.1. The Morgan fingerprint density at radius 2 is 1.96 bits per heavy atom. The van der Waals surface area contributed by atoms with Gasteiger partial charge >= 0.3 is 0 Å². The van der Waals surface area contributed by atoms with Crippen molar-refractivity contribution < 1.29 is 14.0 Å². The van der Waals surface area contributed by atoms with Gasteiger partial charge in [-0.05, 0) is 42.3 Å². The van der Waals surface area contributed by atoms with Gasteiger partial charge in [0.1, 0.15) is 5.82 Å². The summed E-state index contributed by atoms with van der Waals surface area (Å²) in [7, 11) is 0. The van der Waals surface area contributed by atoms with Crippen molar-refractivity contribution in [1.29, 1.82) is 0 Å². The van der Waals surface area contributed by atoms with Gasteiger partial charge in [-0.25, -0.2) is 4.39 Å². The third-order valence-corrected chi connectivity index (χ3v) is 6.61. The number of carbonyl (C=O) groups is 2. The smallest absolute Gasteiger partial charge is 0.227 e. The molecule has 27 heavy (non-hydrogen) atoms. The van der Waals surface area contributed by atoms with Crippen molar-refractivity contribution in [2.45, 2.75) is 38.1 Å². The quantitative estimate of drug-likeness (QED) is 0.833. The molecule has 2 aromatic rings. The maximum absolute atomic E-state index is 14.1. The van der Waals surface area contributed by atoms with Crippen LogP contribution in [0.15, 0.2) is 41.8 Å². The zero-order valence-corrected chi connectivity index (χ0v) is 15.9. The van der Waals surface area contributed by atoms with Crippen LogP contribution in [0, 0.1) is 17.7 Å². The van der Waals surface area contributed by atoms with Crippen LogP contribution in [0.5, 0.6) is 0 Å². The number of carbonyl (C=O) groups excluding carboxylic acids is 2. The Morgan fingerprint density at radius 3 is 2.67 bits per heavy atom. The first-order valence-corrected chi connectivity index (χ1v) is 10.4. The van der Waals surface area contributed by atoms with Crippen LogP contribution in [-0.2, 0) is 9.59 Å². The van der Waals surface area contributed by atoms with Gasteiger partial charge in [0.2, 0.25) is 11.8 Å². The molecule has 0 bridgehead atoms. The summed E-state index contributed by atoms with van der Waals surface area (Å²) in [6, 6.07) is 10.3. The van der Waals surface area contributed by atoms with Gasteiger partial charge in [-0.3, -0.25) is 9.59 Å². The minimum atomic E-state index is -0.444. The molecule has 2 unspecified atom stereocenters. The largest absolute Gasteiger partial charge is 0.348 e. The maximum Gasteiger partial charge on any atom is 0.227 e. The summed E-state index contributed by atoms with van der Waals surface area (Å²) in [6.45, 7) is 0.230. The molecule has 1 aromatic heterocycles. The highest BCUT2D eigenvalue weighted by atomic mass is 32.1. The Bertz CT molecular complexity index is 817. The van der Waals surface area contributed by atoms with Gasteiger partial charge in [0.15, 0.2) is 0 Å². The summed E-state index contributed by atoms with van der Waals surface area (Å²) in [5.41, 5.74) is 0.253. The first-order chi connectivity index (χ1) is 13.1. The molecule has 4 rings (SSSR count). The van der Waals surface area contributed by atoms with E-state index >= 15 is 0 Å². The Morgan fingerprint density at radius 1 is 1.19 bits per heavy atom. The second-order valence-electron chi connectivity index (χ2n) is 7.40. The predicted molar refractivity (Wildman–Crippen MR) is 104 cm³/mol. The summed E-state index contributed by atoms with van der Waals surface area (Å²) >= 11 is 1.66. The number of hydrogen-bond acceptors (Lipinski definition) is 3. The molecule has 142 valence electrons. The van der Waals surface area contributed by atoms with Gasteiger partial charge in [-0.1, -0.05) is 31.0 Å². The van der Waals surface area contributed by atoms with Crippen LogP contribution in [0.2, 0.25) is 0 Å². The third-order valence-electron chi connectivity index (χ3n) is 5.66. The average Bonchev–Trinajstić information content (AvgIpc) is 3.42. The minimum Gasteiger partial charge on any atom is -0.348 e. The molecule has 2 atom stereocenters. The summed E-state index contributed by atoms with van der Waals surface area (Å²) in [6.07, 6.45) is 4.76. The number of para-hydroxylation sites is 1. The fraction of sp³-hybridized carbons (Fsp3) is 0.429. The van der Waals surface area contributed by atoms with Gasteiger partial charge in [-0.15, -0.1) is 11.3 Å². The molecule has 1 aliphatic carbocycles. The average molecular weight is 386 g/mol. The second kappa shape index (κ2) is 7.80. The van der Waals surface area contributed by atoms with Gasteiger partial charge in [-0.2, -0.15) is 0 Å². The topological polar surface area (TPSA) is 49.4 Å². The molecule has 1 aromatic carbocycles. The molecule has 1 aliphatic heterocycles. The summed E-state index contributed by atoms with van der Waals surface area (Å²) in [4.78, 5) is 27.9. The zero-order valence-electron chi connectivity index (χ0n) is 15.1. The molecule has 1 N–H and O–H groups in total. The molecular formula is C21H23FN2O2S. The lowest BCUT2D eigenvalue weighted by atomic mass is 9.95. The standard InChI is InChI=1S/C21H23FN2O2S/c22-16-8-3-4-9-17(16)24-13-15(12-19(24)25)21(26)23-20(14-6-1-2-7-14)18-10-5-11-27-18/h3-5,8-11,14-15,20H,1-2,6-7,12-13H2,(H,23,26). The van der Waals surface area contributed by atoms with Crippen LogP contribution in [0.4, 0.5) is 10.1 Å². The van der Waals surface area contributed by atoms with Crippen molar-refractivity contribution in [2.75, 3.05) is 11.4 Å². The number of thiophene rings is 1. The van der Waals surface area contributed by atoms with E-state index in [9.17, 15) is 14.0 Å². The molecule has 1 saturated carbocycles. The zero-order chi connectivity index (χ0) is 18.8. The summed E-state index contributed by atoms with van der Waals surface area (Å²) in [5.74, 6) is -0.732. The lowest BCUT2D eigenvalue weighted by molar-refractivity contribution is -0.127. The predicted octanol–water partition coefficient (Wildman–Crippen LogP) is 4.29. The van der Waals surface area contributed by atoms with Crippen molar-refractivity contribution in [2.24, 2.45) is 11.8 Å². The lowest BCUT2D eigenvalue weighted by Gasteiger charge is -2.25. The van der Waals surface area contributed by atoms with Gasteiger partial charge < -0.3 is 10.2 Å². The van der Waals surface area contributed by atoms with Crippen LogP contribution in [0.3, 0.4) is 0 Å². The van der Waals surface area contributed by atoms with Crippen LogP contribution in [-0.4, -0.2) is 18.4 Å². The summed E-state index contributed by atoms with van der Waals surface area (Å²) in [5, 5.41) is 5.24. The van der Waals surface area contributed by atoms with E-state index in [0.29, 0.717) is 5.92 Å². The van der Waals surface area contributed by atoms with Crippen molar-refractivity contribution in [3.63, 3.8) is 0 Å². The number of anilines is 1. The molecule has 2 aliphatic rings. The lowest BCUT2D eigenvalue weighted by Crippen LogP contribution is -2.37. The number of nitrogens with one attached hydrogen (secondary N) is 1. The molecule has 2 fully saturated rings. The number of hydrogen-bond donors (Lipinski definition) is 1. The van der Waals surface area contributed by atoms with Crippen LogP contribution in [0.1, 0.15) is 43.0 Å². The minimum absolute atomic E-state index is 0.0117. The molecule has 4 nitrogen and oxygen atoms in total. The molecule has 0 radical (unpaired) electrons. The van der Waals surface area contributed by atoms with E-state index in [4.69, 9.17) is 0 Å². The highest BCUT2D eigenvalue weighted by Crippen LogP contribution is 2.38. The van der Waals surface area contributed by atoms with E-state index in [-0.39, 0.29) is 36.5 Å². The van der Waals surface area contributed by atoms with E-state index in [2.05, 4.69) is 11.4 Å². The van der Waals surface area contributed by atoms with Gasteiger partial charge in [0.05, 0.1) is 17.6 Å². The number of amides is 2. The Hall–Kier alpha value is -2.21. The van der Waals surface area contributed by atoms with E-state index in [1.54, 1.807) is 29.5 Å². The van der Waals surface area contributed by atoms with E-state index in [1.165, 1.54) is 28.7 Å². The SMILES string of the molecule is O=C(NC(c1cccs1)C1CCCC1)C1CC(=O)N(c2ccccc2F)C1. The van der Waals surface area contributed by atoms with Gasteiger partial charge in [0.25, 0.3) is 0 Å². The van der Waals surface area contributed by atoms with E-state index < -0.39 is 11.7 Å². The monoisotopic (exact) mass is 386 g/mol. The van der Waals surface area contributed by atoms with Crippen molar-refractivity contribution in [3.8, 4) is 0 Å². The van der Waals surface area contributed by atoms with Crippen molar-refractivity contribution >= 4 is 28.8 Å². The molecule has 2 heterocycles. The molecule has 2 amide bonds. The first kappa shape index (κ1) is 18.2. The number of rotatable bonds is 5. The third kappa shape index (κ3) is 3.76. The fourth-order valence-electron chi connectivity index (χ4n) is 4.24. The first-order valence-electron chi connectivity index (χ1n) is 9.52. The summed E-state index contributed by atoms with van der Waals surface area (Å²) < 4.78 is 14.1. The molecule has 6 heteroatoms. The van der Waals surface area contributed by atoms with Crippen molar-refractivity contribution in [1.82, 2.24) is 5.32 Å². The number of benzene rings is 1. The van der Waals surface area contributed by atoms with Gasteiger partial charge in [0, 0.05) is 17.8 Å². The second-order valence-corrected chi connectivity index (χ2v) is 8.38. The van der Waals surface area contributed by atoms with Crippen LogP contribution >= 0.6 is 11.3 Å². The molecule has 0 spiro atoms. The number of nitrogens with zero attached hydrogens (tertiary/aromatic N) is 1. The van der Waals surface area contributed by atoms with Crippen LogP contribution < -0.4 is 10.2 Å². The highest BCUT2D eigenvalue weighted by molar-refractivity contribution is 7.10. The fourth-order valence-corrected chi connectivity index (χ4v) is 5.11. The normalized spacial score (nSPS) is 21.6. The Balaban J connectivity index is 1.47. The Labute approximate surface area is 162 Å². The Kier molecular flexibility index (Phi) is 5.25.